The van der Waals surface area contributed by atoms with E-state index in [2.05, 4.69) is 36.4 Å². The van der Waals surface area contributed by atoms with Gasteiger partial charge in [-0.15, -0.1) is 0 Å². The number of nitriles is 1. The second-order valence-corrected chi connectivity index (χ2v) is 8.93. The average molecular weight is 427 g/mol. The molecular weight excluding hydrogens is 396 g/mol. The maximum atomic E-state index is 11.4. The van der Waals surface area contributed by atoms with Crippen molar-refractivity contribution in [1.29, 1.82) is 5.26 Å². The van der Waals surface area contributed by atoms with Gasteiger partial charge in [0.2, 0.25) is 0 Å². The van der Waals surface area contributed by atoms with Crippen LogP contribution in [0.5, 0.6) is 0 Å². The molecule has 4 rings (SSSR count). The molecule has 1 aliphatic rings. The van der Waals surface area contributed by atoms with Crippen LogP contribution in [0.4, 0.5) is 0 Å². The van der Waals surface area contributed by atoms with Gasteiger partial charge in [0.1, 0.15) is 23.2 Å². The van der Waals surface area contributed by atoms with Crippen LogP contribution in [0.2, 0.25) is 0 Å². The molecule has 1 fully saturated rings. The number of benzene rings is 2. The summed E-state index contributed by atoms with van der Waals surface area (Å²) in [4.78, 5) is 11.4. The lowest BCUT2D eigenvalue weighted by Gasteiger charge is -2.14. The molecule has 1 amide bonds. The van der Waals surface area contributed by atoms with E-state index in [1.165, 1.54) is 61.3 Å². The van der Waals surface area contributed by atoms with Crippen molar-refractivity contribution in [1.82, 2.24) is 0 Å². The zero-order chi connectivity index (χ0) is 22.5. The highest BCUT2D eigenvalue weighted by Gasteiger charge is 2.15. The summed E-state index contributed by atoms with van der Waals surface area (Å²) >= 11 is 0. The second kappa shape index (κ2) is 9.87. The van der Waals surface area contributed by atoms with E-state index in [9.17, 15) is 4.79 Å². The highest BCUT2D eigenvalue weighted by Crippen LogP contribution is 2.31. The lowest BCUT2D eigenvalue weighted by Crippen LogP contribution is -2.13. The first-order valence-corrected chi connectivity index (χ1v) is 11.6. The summed E-state index contributed by atoms with van der Waals surface area (Å²) in [5, 5.41) is 11.6. The molecule has 4 nitrogen and oxygen atoms in total. The van der Waals surface area contributed by atoms with Crippen LogP contribution in [0, 0.1) is 17.2 Å². The summed E-state index contributed by atoms with van der Waals surface area (Å²) in [6.45, 7) is 1.67. The molecule has 0 saturated heterocycles. The number of primary amides is 1. The van der Waals surface area contributed by atoms with Crippen LogP contribution in [-0.2, 0) is 11.2 Å². The molecule has 32 heavy (non-hydrogen) atoms. The van der Waals surface area contributed by atoms with Crippen molar-refractivity contribution in [2.24, 2.45) is 11.7 Å². The number of amides is 1. The van der Waals surface area contributed by atoms with E-state index in [0.717, 1.165) is 17.9 Å². The third-order valence-corrected chi connectivity index (χ3v) is 6.71. The Labute approximate surface area is 189 Å². The number of hydrogen-bond donors (Lipinski definition) is 1. The standard InChI is InChI=1S/C28H30N2O2/c1-19(25(18-29)28(30)31)26-14-15-27(32-26)24-13-12-22-16-21(10-11-23(22)17-24)9-8-20-6-4-2-3-5-7-20/h10-17,20H,2-9H2,1H3,(H2,30,31). The predicted molar refractivity (Wildman–Crippen MR) is 129 cm³/mol. The maximum absolute atomic E-state index is 11.4. The van der Waals surface area contributed by atoms with Crippen molar-refractivity contribution in [3.05, 3.63) is 65.4 Å². The molecule has 2 aromatic carbocycles. The van der Waals surface area contributed by atoms with Crippen molar-refractivity contribution >= 4 is 22.3 Å². The number of furan rings is 1. The van der Waals surface area contributed by atoms with Crippen LogP contribution in [0.1, 0.15) is 63.2 Å². The molecule has 1 aliphatic carbocycles. The van der Waals surface area contributed by atoms with Gasteiger partial charge in [-0.05, 0) is 60.2 Å². The van der Waals surface area contributed by atoms with Crippen LogP contribution in [0.3, 0.4) is 0 Å². The topological polar surface area (TPSA) is 80.0 Å². The molecule has 1 aromatic heterocycles. The molecule has 4 heteroatoms. The van der Waals surface area contributed by atoms with Gasteiger partial charge in [0, 0.05) is 11.1 Å². The molecule has 0 atom stereocenters. The SMILES string of the molecule is CC(=C(C#N)C(N)=O)c1ccc(-c2ccc3cc(CCC4CCCCCC4)ccc3c2)o1. The Hall–Kier alpha value is -3.32. The van der Waals surface area contributed by atoms with E-state index in [1.807, 2.05) is 12.1 Å². The highest BCUT2D eigenvalue weighted by atomic mass is 16.3. The Kier molecular flexibility index (Phi) is 6.75. The van der Waals surface area contributed by atoms with Gasteiger partial charge in [-0.25, -0.2) is 0 Å². The number of aryl methyl sites for hydroxylation is 1. The van der Waals surface area contributed by atoms with E-state index in [0.29, 0.717) is 17.1 Å². The lowest BCUT2D eigenvalue weighted by atomic mass is 9.92. The fourth-order valence-corrected chi connectivity index (χ4v) is 4.77. The third-order valence-electron chi connectivity index (χ3n) is 6.71. The van der Waals surface area contributed by atoms with Crippen molar-refractivity contribution in [2.45, 2.75) is 58.3 Å². The van der Waals surface area contributed by atoms with E-state index in [1.54, 1.807) is 13.0 Å². The minimum atomic E-state index is -0.747. The minimum absolute atomic E-state index is 0.0826. The van der Waals surface area contributed by atoms with Gasteiger partial charge < -0.3 is 10.2 Å². The normalized spacial score (nSPS) is 15.8. The molecular formula is C28H30N2O2. The Morgan fingerprint density at radius 3 is 2.47 bits per heavy atom. The van der Waals surface area contributed by atoms with E-state index >= 15 is 0 Å². The van der Waals surface area contributed by atoms with Crippen LogP contribution in [-0.4, -0.2) is 5.91 Å². The number of carbonyl (C=O) groups is 1. The molecule has 0 radical (unpaired) electrons. The Balaban J connectivity index is 1.51. The summed E-state index contributed by atoms with van der Waals surface area (Å²) in [7, 11) is 0. The summed E-state index contributed by atoms with van der Waals surface area (Å²) in [5.41, 5.74) is 8.02. The summed E-state index contributed by atoms with van der Waals surface area (Å²) in [6.07, 6.45) is 10.8. The van der Waals surface area contributed by atoms with Crippen molar-refractivity contribution < 1.29 is 9.21 Å². The number of carbonyl (C=O) groups excluding carboxylic acids is 1. The largest absolute Gasteiger partial charge is 0.456 e. The Bertz CT molecular complexity index is 1190. The molecule has 0 aliphatic heterocycles. The summed E-state index contributed by atoms with van der Waals surface area (Å²) in [5.74, 6) is 1.31. The number of nitrogens with zero attached hydrogens (tertiary/aromatic N) is 1. The van der Waals surface area contributed by atoms with Crippen molar-refractivity contribution in [3.8, 4) is 17.4 Å². The Morgan fingerprint density at radius 2 is 1.75 bits per heavy atom. The number of fused-ring (bicyclic) bond motifs is 1. The average Bonchev–Trinajstić information content (AvgIpc) is 3.15. The van der Waals surface area contributed by atoms with E-state index < -0.39 is 5.91 Å². The number of allylic oxidation sites excluding steroid dienone is 1. The smallest absolute Gasteiger partial charge is 0.259 e. The molecule has 164 valence electrons. The zero-order valence-corrected chi connectivity index (χ0v) is 18.7. The molecule has 0 bridgehead atoms. The number of rotatable bonds is 6. The zero-order valence-electron chi connectivity index (χ0n) is 18.7. The number of hydrogen-bond acceptors (Lipinski definition) is 3. The fourth-order valence-electron chi connectivity index (χ4n) is 4.77. The fraction of sp³-hybridized carbons (Fsp3) is 0.357. The van der Waals surface area contributed by atoms with Crippen LogP contribution in [0.15, 0.2) is 58.5 Å². The van der Waals surface area contributed by atoms with Gasteiger partial charge in [0.25, 0.3) is 5.91 Å². The molecule has 0 spiro atoms. The first kappa shape index (κ1) is 21.9. The third kappa shape index (κ3) is 4.94. The van der Waals surface area contributed by atoms with Gasteiger partial charge in [0.05, 0.1) is 0 Å². The lowest BCUT2D eigenvalue weighted by molar-refractivity contribution is -0.114. The summed E-state index contributed by atoms with van der Waals surface area (Å²) in [6, 6.07) is 18.5. The number of nitrogens with two attached hydrogens (primary N) is 1. The highest BCUT2D eigenvalue weighted by molar-refractivity contribution is 6.03. The summed E-state index contributed by atoms with van der Waals surface area (Å²) < 4.78 is 5.94. The second-order valence-electron chi connectivity index (χ2n) is 8.93. The Morgan fingerprint density at radius 1 is 1.03 bits per heavy atom. The quantitative estimate of drug-likeness (QED) is 0.268. The predicted octanol–water partition coefficient (Wildman–Crippen LogP) is 6.79. The molecule has 3 aromatic rings. The monoisotopic (exact) mass is 426 g/mol. The maximum Gasteiger partial charge on any atom is 0.259 e. The molecule has 2 N–H and O–H groups in total. The van der Waals surface area contributed by atoms with Gasteiger partial charge in [0.15, 0.2) is 0 Å². The molecule has 0 unspecified atom stereocenters. The van der Waals surface area contributed by atoms with Crippen LogP contribution < -0.4 is 5.73 Å². The minimum Gasteiger partial charge on any atom is -0.456 e. The van der Waals surface area contributed by atoms with Crippen molar-refractivity contribution in [3.63, 3.8) is 0 Å². The van der Waals surface area contributed by atoms with E-state index in [-0.39, 0.29) is 5.57 Å². The molecule has 1 saturated carbocycles. The van der Waals surface area contributed by atoms with Gasteiger partial charge >= 0.3 is 0 Å². The van der Waals surface area contributed by atoms with Crippen LogP contribution >= 0.6 is 0 Å². The van der Waals surface area contributed by atoms with E-state index in [4.69, 9.17) is 15.4 Å². The first-order chi connectivity index (χ1) is 15.5. The van der Waals surface area contributed by atoms with Crippen molar-refractivity contribution in [2.75, 3.05) is 0 Å². The van der Waals surface area contributed by atoms with Gasteiger partial charge in [-0.3, -0.25) is 4.79 Å². The van der Waals surface area contributed by atoms with Crippen LogP contribution in [0.25, 0.3) is 27.7 Å². The van der Waals surface area contributed by atoms with Gasteiger partial charge in [-0.1, -0.05) is 68.9 Å². The molecule has 1 heterocycles. The first-order valence-electron chi connectivity index (χ1n) is 11.6. The van der Waals surface area contributed by atoms with Gasteiger partial charge in [-0.2, -0.15) is 5.26 Å².